The lowest BCUT2D eigenvalue weighted by Gasteiger charge is -2.29. The van der Waals surface area contributed by atoms with Crippen LogP contribution in [0.3, 0.4) is 0 Å². The SMILES string of the molecule is CCO/N=C1/C(=O)Nc2c1cc(-c1ccc(S(=O)(=O)N(C)C)cc1)c1c2CN(C)CC1. The number of oxime groups is 1. The van der Waals surface area contributed by atoms with Gasteiger partial charge in [0.25, 0.3) is 5.91 Å². The van der Waals surface area contributed by atoms with Gasteiger partial charge in [0.2, 0.25) is 10.0 Å². The molecule has 2 aliphatic heterocycles. The van der Waals surface area contributed by atoms with E-state index in [9.17, 15) is 13.2 Å². The lowest BCUT2D eigenvalue weighted by Crippen LogP contribution is -2.27. The van der Waals surface area contributed by atoms with E-state index in [1.54, 1.807) is 12.1 Å². The van der Waals surface area contributed by atoms with E-state index in [1.807, 2.05) is 25.1 Å². The Morgan fingerprint density at radius 3 is 2.52 bits per heavy atom. The molecule has 1 amide bonds. The number of nitrogens with zero attached hydrogens (tertiary/aromatic N) is 3. The van der Waals surface area contributed by atoms with Crippen LogP contribution in [0.2, 0.25) is 0 Å². The van der Waals surface area contributed by atoms with E-state index in [0.29, 0.717) is 18.7 Å². The number of fused-ring (bicyclic) bond motifs is 3. The summed E-state index contributed by atoms with van der Waals surface area (Å²) < 4.78 is 26.1. The van der Waals surface area contributed by atoms with Crippen LogP contribution >= 0.6 is 0 Å². The standard InChI is InChI=1S/C22H26N4O4S/c1-5-30-24-21-18-12-17(14-6-8-15(9-7-14)31(28,29)25(2)3)16-10-11-26(4)13-19(16)20(18)23-22(21)27/h6-9,12H,5,10-11,13H2,1-4H3,(H,23,24,27). The second-order valence-electron chi connectivity index (χ2n) is 7.92. The van der Waals surface area contributed by atoms with Gasteiger partial charge < -0.3 is 15.1 Å². The molecule has 2 aromatic carbocycles. The molecule has 0 unspecified atom stereocenters. The minimum atomic E-state index is -3.50. The first-order chi connectivity index (χ1) is 14.7. The largest absolute Gasteiger partial charge is 0.395 e. The predicted octanol–water partition coefficient (Wildman–Crippen LogP) is 2.28. The Bertz CT molecular complexity index is 1170. The fourth-order valence-electron chi connectivity index (χ4n) is 4.01. The molecular weight excluding hydrogens is 416 g/mol. The minimum Gasteiger partial charge on any atom is -0.395 e. The summed E-state index contributed by atoms with van der Waals surface area (Å²) in [5, 5.41) is 7.00. The zero-order valence-electron chi connectivity index (χ0n) is 18.1. The fraction of sp³-hybridized carbons (Fsp3) is 0.364. The molecule has 9 heteroatoms. The summed E-state index contributed by atoms with van der Waals surface area (Å²) >= 11 is 0. The van der Waals surface area contributed by atoms with Crippen LogP contribution in [-0.2, 0) is 32.6 Å². The molecule has 0 saturated carbocycles. The van der Waals surface area contributed by atoms with E-state index >= 15 is 0 Å². The van der Waals surface area contributed by atoms with Crippen molar-refractivity contribution in [1.82, 2.24) is 9.21 Å². The Labute approximate surface area is 182 Å². The highest BCUT2D eigenvalue weighted by Crippen LogP contribution is 2.40. The third-order valence-electron chi connectivity index (χ3n) is 5.66. The third-order valence-corrected chi connectivity index (χ3v) is 7.49. The molecule has 0 atom stereocenters. The van der Waals surface area contributed by atoms with Crippen molar-refractivity contribution in [2.75, 3.05) is 39.6 Å². The lowest BCUT2D eigenvalue weighted by molar-refractivity contribution is -0.110. The molecule has 0 saturated heterocycles. The van der Waals surface area contributed by atoms with Crippen LogP contribution in [-0.4, -0.2) is 63.5 Å². The summed E-state index contributed by atoms with van der Waals surface area (Å²) in [4.78, 5) is 20.2. The second kappa shape index (κ2) is 8.07. The van der Waals surface area contributed by atoms with Crippen molar-refractivity contribution < 1.29 is 18.0 Å². The van der Waals surface area contributed by atoms with Gasteiger partial charge in [-0.25, -0.2) is 12.7 Å². The maximum atomic E-state index is 12.6. The molecule has 4 rings (SSSR count). The van der Waals surface area contributed by atoms with Crippen molar-refractivity contribution >= 4 is 27.3 Å². The first kappa shape index (κ1) is 21.5. The molecular formula is C22H26N4O4S. The van der Waals surface area contributed by atoms with Crippen LogP contribution in [0.25, 0.3) is 11.1 Å². The molecule has 0 spiro atoms. The maximum absolute atomic E-state index is 12.6. The Hall–Kier alpha value is -2.75. The van der Waals surface area contributed by atoms with Gasteiger partial charge in [-0.1, -0.05) is 17.3 Å². The van der Waals surface area contributed by atoms with E-state index in [1.165, 1.54) is 18.4 Å². The van der Waals surface area contributed by atoms with Gasteiger partial charge in [-0.3, -0.25) is 4.79 Å². The minimum absolute atomic E-state index is 0.242. The zero-order chi connectivity index (χ0) is 22.3. The number of hydrogen-bond donors (Lipinski definition) is 1. The van der Waals surface area contributed by atoms with Crippen molar-refractivity contribution in [3.63, 3.8) is 0 Å². The highest BCUT2D eigenvalue weighted by atomic mass is 32.2. The molecule has 0 fully saturated rings. The summed E-state index contributed by atoms with van der Waals surface area (Å²) in [6.45, 7) is 3.80. The first-order valence-electron chi connectivity index (χ1n) is 10.2. The normalized spacial score (nSPS) is 17.6. The Kier molecular flexibility index (Phi) is 5.59. The lowest BCUT2D eigenvalue weighted by atomic mass is 9.87. The molecule has 0 bridgehead atoms. The molecule has 2 aliphatic rings. The maximum Gasteiger partial charge on any atom is 0.278 e. The predicted molar refractivity (Wildman–Crippen MR) is 120 cm³/mol. The van der Waals surface area contributed by atoms with Gasteiger partial charge >= 0.3 is 0 Å². The summed E-state index contributed by atoms with van der Waals surface area (Å²) in [6.07, 6.45) is 0.833. The summed E-state index contributed by atoms with van der Waals surface area (Å²) in [5.74, 6) is -0.275. The van der Waals surface area contributed by atoms with Gasteiger partial charge in [0.1, 0.15) is 6.61 Å². The van der Waals surface area contributed by atoms with Gasteiger partial charge in [-0.15, -0.1) is 0 Å². The summed E-state index contributed by atoms with van der Waals surface area (Å²) in [6, 6.07) is 8.85. The topological polar surface area (TPSA) is 91.3 Å². The molecule has 2 aromatic rings. The molecule has 2 heterocycles. The number of carbonyl (C=O) groups is 1. The molecule has 164 valence electrons. The van der Waals surface area contributed by atoms with Gasteiger partial charge in [-0.2, -0.15) is 0 Å². The van der Waals surface area contributed by atoms with E-state index < -0.39 is 10.0 Å². The monoisotopic (exact) mass is 442 g/mol. The molecule has 8 nitrogen and oxygen atoms in total. The average molecular weight is 443 g/mol. The van der Waals surface area contributed by atoms with Gasteiger partial charge in [-0.05, 0) is 60.8 Å². The van der Waals surface area contributed by atoms with Crippen LogP contribution in [0.15, 0.2) is 40.4 Å². The van der Waals surface area contributed by atoms with E-state index in [4.69, 9.17) is 4.84 Å². The van der Waals surface area contributed by atoms with E-state index in [0.717, 1.165) is 40.9 Å². The van der Waals surface area contributed by atoms with Crippen molar-refractivity contribution in [2.45, 2.75) is 24.8 Å². The van der Waals surface area contributed by atoms with Gasteiger partial charge in [0, 0.05) is 32.7 Å². The van der Waals surface area contributed by atoms with Crippen LogP contribution < -0.4 is 5.32 Å². The highest BCUT2D eigenvalue weighted by molar-refractivity contribution is 7.89. The number of likely N-dealkylation sites (N-methyl/N-ethyl adjacent to an activating group) is 1. The Morgan fingerprint density at radius 2 is 1.87 bits per heavy atom. The van der Waals surface area contributed by atoms with Gasteiger partial charge in [0.15, 0.2) is 5.71 Å². The van der Waals surface area contributed by atoms with Crippen molar-refractivity contribution in [3.8, 4) is 11.1 Å². The van der Waals surface area contributed by atoms with Crippen LogP contribution in [0.1, 0.15) is 23.6 Å². The number of rotatable bonds is 5. The van der Waals surface area contributed by atoms with E-state index in [-0.39, 0.29) is 16.5 Å². The van der Waals surface area contributed by atoms with Crippen LogP contribution in [0.5, 0.6) is 0 Å². The Morgan fingerprint density at radius 1 is 1.16 bits per heavy atom. The number of benzene rings is 2. The van der Waals surface area contributed by atoms with Crippen LogP contribution in [0, 0.1) is 0 Å². The summed E-state index contributed by atoms with van der Waals surface area (Å²) in [7, 11) is 1.58. The second-order valence-corrected chi connectivity index (χ2v) is 10.1. The Balaban J connectivity index is 1.87. The quantitative estimate of drug-likeness (QED) is 0.718. The average Bonchev–Trinajstić information content (AvgIpc) is 3.06. The zero-order valence-corrected chi connectivity index (χ0v) is 18.9. The van der Waals surface area contributed by atoms with Crippen LogP contribution in [0.4, 0.5) is 5.69 Å². The fourth-order valence-corrected chi connectivity index (χ4v) is 4.91. The molecule has 0 aromatic heterocycles. The van der Waals surface area contributed by atoms with Gasteiger partial charge in [0.05, 0.1) is 10.6 Å². The number of carbonyl (C=O) groups excluding carboxylic acids is 1. The highest BCUT2D eigenvalue weighted by Gasteiger charge is 2.33. The number of hydrogen-bond acceptors (Lipinski definition) is 6. The van der Waals surface area contributed by atoms with Crippen molar-refractivity contribution in [2.24, 2.45) is 5.16 Å². The van der Waals surface area contributed by atoms with Crippen molar-refractivity contribution in [1.29, 1.82) is 0 Å². The number of nitrogens with one attached hydrogen (secondary N) is 1. The summed E-state index contributed by atoms with van der Waals surface area (Å²) in [5.41, 5.74) is 5.89. The number of anilines is 1. The van der Waals surface area contributed by atoms with E-state index in [2.05, 4.69) is 22.4 Å². The molecule has 0 radical (unpaired) electrons. The molecule has 1 N–H and O–H groups in total. The van der Waals surface area contributed by atoms with Crippen molar-refractivity contribution in [3.05, 3.63) is 47.0 Å². The third kappa shape index (κ3) is 3.73. The molecule has 0 aliphatic carbocycles. The smallest absolute Gasteiger partial charge is 0.278 e. The first-order valence-corrected chi connectivity index (χ1v) is 11.6. The number of amides is 1. The number of sulfonamides is 1. The molecule has 31 heavy (non-hydrogen) atoms.